The van der Waals surface area contributed by atoms with Gasteiger partial charge < -0.3 is 5.11 Å². The van der Waals surface area contributed by atoms with Gasteiger partial charge in [-0.2, -0.15) is 0 Å². The minimum absolute atomic E-state index is 0.144. The molecule has 3 nitrogen and oxygen atoms in total. The van der Waals surface area contributed by atoms with Crippen LogP contribution in [0.15, 0.2) is 60.8 Å². The largest absolute Gasteiger partial charge is 0.393 e. The zero-order valence-electron chi connectivity index (χ0n) is 17.3. The predicted octanol–water partition coefficient (Wildman–Crippen LogP) is 5.84. The number of halogens is 1. The van der Waals surface area contributed by atoms with Crippen LogP contribution in [0.4, 0.5) is 0 Å². The predicted molar refractivity (Wildman–Crippen MR) is 125 cm³/mol. The first-order valence-electron chi connectivity index (χ1n) is 10.5. The maximum Gasteiger partial charge on any atom is 0.0665 e. The van der Waals surface area contributed by atoms with E-state index in [1.807, 2.05) is 30.5 Å². The third kappa shape index (κ3) is 4.99. The molecule has 154 valence electrons. The first-order valence-corrected chi connectivity index (χ1v) is 10.9. The van der Waals surface area contributed by atoms with E-state index < -0.39 is 0 Å². The molecule has 0 aliphatic carbocycles. The zero-order chi connectivity index (χ0) is 20.9. The van der Waals surface area contributed by atoms with Crippen molar-refractivity contribution in [1.29, 1.82) is 0 Å². The van der Waals surface area contributed by atoms with Crippen molar-refractivity contribution in [3.05, 3.63) is 88.2 Å². The molecule has 0 atom stereocenters. The fourth-order valence-electron chi connectivity index (χ4n) is 3.96. The van der Waals surface area contributed by atoms with E-state index >= 15 is 0 Å². The van der Waals surface area contributed by atoms with Gasteiger partial charge in [0.15, 0.2) is 0 Å². The first-order chi connectivity index (χ1) is 14.6. The summed E-state index contributed by atoms with van der Waals surface area (Å²) in [6.45, 7) is 4.85. The molecule has 1 fully saturated rings. The molecule has 1 saturated heterocycles. The molecule has 1 aromatic heterocycles. The second-order valence-electron chi connectivity index (χ2n) is 7.93. The lowest BCUT2D eigenvalue weighted by Crippen LogP contribution is -2.35. The molecule has 0 unspecified atom stereocenters. The summed E-state index contributed by atoms with van der Waals surface area (Å²) in [5, 5.41) is 10.4. The average Bonchev–Trinajstić information content (AvgIpc) is 2.76. The van der Waals surface area contributed by atoms with Crippen LogP contribution in [-0.2, 0) is 6.54 Å². The highest BCUT2D eigenvalue weighted by Gasteiger charge is 2.17. The monoisotopic (exact) mass is 418 g/mol. The summed E-state index contributed by atoms with van der Waals surface area (Å²) >= 11 is 6.57. The molecule has 0 spiro atoms. The summed E-state index contributed by atoms with van der Waals surface area (Å²) in [5.74, 6) is 0. The molecule has 2 heterocycles. The molecule has 3 aromatic rings. The first kappa shape index (κ1) is 20.8. The van der Waals surface area contributed by atoms with E-state index in [1.165, 1.54) is 16.7 Å². The van der Waals surface area contributed by atoms with Crippen LogP contribution in [0.25, 0.3) is 23.3 Å². The van der Waals surface area contributed by atoms with Gasteiger partial charge in [-0.15, -0.1) is 0 Å². The molecule has 0 saturated carbocycles. The summed E-state index contributed by atoms with van der Waals surface area (Å²) < 4.78 is 0. The van der Waals surface area contributed by atoms with Gasteiger partial charge in [-0.3, -0.25) is 9.88 Å². The number of rotatable bonds is 5. The van der Waals surface area contributed by atoms with Gasteiger partial charge in [-0.25, -0.2) is 0 Å². The van der Waals surface area contributed by atoms with Crippen LogP contribution in [0.5, 0.6) is 0 Å². The third-order valence-electron chi connectivity index (χ3n) is 5.78. The van der Waals surface area contributed by atoms with Crippen molar-refractivity contribution >= 4 is 23.8 Å². The highest BCUT2D eigenvalue weighted by molar-refractivity contribution is 6.32. The normalized spacial score (nSPS) is 15.7. The number of piperidine rings is 1. The molecule has 0 radical (unpaired) electrons. The van der Waals surface area contributed by atoms with Crippen molar-refractivity contribution in [2.45, 2.75) is 32.4 Å². The molecule has 0 amide bonds. The molecule has 2 aromatic carbocycles. The third-order valence-corrected chi connectivity index (χ3v) is 6.10. The topological polar surface area (TPSA) is 36.4 Å². The summed E-state index contributed by atoms with van der Waals surface area (Å²) in [5.41, 5.74) is 6.68. The minimum atomic E-state index is -0.144. The fourth-order valence-corrected chi connectivity index (χ4v) is 4.23. The number of aliphatic hydroxyl groups excluding tert-OH is 1. The summed E-state index contributed by atoms with van der Waals surface area (Å²) in [4.78, 5) is 6.92. The van der Waals surface area contributed by atoms with Crippen molar-refractivity contribution < 1.29 is 5.11 Å². The molecule has 30 heavy (non-hydrogen) atoms. The van der Waals surface area contributed by atoms with Gasteiger partial charge in [0, 0.05) is 30.9 Å². The molecule has 4 rings (SSSR count). The molecule has 1 aliphatic heterocycles. The van der Waals surface area contributed by atoms with Crippen LogP contribution in [0, 0.1) is 6.92 Å². The number of hydrogen-bond acceptors (Lipinski definition) is 3. The van der Waals surface area contributed by atoms with Crippen LogP contribution in [-0.4, -0.2) is 34.2 Å². The summed E-state index contributed by atoms with van der Waals surface area (Å²) in [7, 11) is 0. The Labute approximate surface area is 183 Å². The van der Waals surface area contributed by atoms with Gasteiger partial charge in [0.05, 0.1) is 11.8 Å². The van der Waals surface area contributed by atoms with E-state index in [0.717, 1.165) is 54.3 Å². The average molecular weight is 419 g/mol. The quantitative estimate of drug-likeness (QED) is 0.565. The number of aromatic nitrogens is 1. The number of pyridine rings is 1. The Kier molecular flexibility index (Phi) is 6.63. The number of benzene rings is 2. The van der Waals surface area contributed by atoms with Gasteiger partial charge in [0.25, 0.3) is 0 Å². The molecular formula is C26H27ClN2O. The number of nitrogens with zero attached hydrogens (tertiary/aromatic N) is 2. The van der Waals surface area contributed by atoms with Crippen molar-refractivity contribution in [1.82, 2.24) is 9.88 Å². The van der Waals surface area contributed by atoms with E-state index in [2.05, 4.69) is 59.3 Å². The summed E-state index contributed by atoms with van der Waals surface area (Å²) in [6, 6.07) is 18.7. The fraction of sp³-hybridized carbons (Fsp3) is 0.269. The molecule has 1 aliphatic rings. The second kappa shape index (κ2) is 9.57. The van der Waals surface area contributed by atoms with Crippen LogP contribution < -0.4 is 0 Å². The Morgan fingerprint density at radius 1 is 1.07 bits per heavy atom. The lowest BCUT2D eigenvalue weighted by atomic mass is 10.00. The molecular weight excluding hydrogens is 392 g/mol. The van der Waals surface area contributed by atoms with Crippen LogP contribution >= 0.6 is 11.6 Å². The van der Waals surface area contributed by atoms with Crippen molar-refractivity contribution in [2.75, 3.05) is 13.1 Å². The lowest BCUT2D eigenvalue weighted by molar-refractivity contribution is 0.0792. The van der Waals surface area contributed by atoms with E-state index in [4.69, 9.17) is 11.6 Å². The van der Waals surface area contributed by atoms with Gasteiger partial charge >= 0.3 is 0 Å². The number of likely N-dealkylation sites (tertiary alicyclic amines) is 1. The van der Waals surface area contributed by atoms with Gasteiger partial charge in [0.1, 0.15) is 0 Å². The van der Waals surface area contributed by atoms with Crippen molar-refractivity contribution in [2.24, 2.45) is 0 Å². The zero-order valence-corrected chi connectivity index (χ0v) is 18.0. The highest BCUT2D eigenvalue weighted by atomic mass is 35.5. The number of hydrogen-bond donors (Lipinski definition) is 1. The number of aliphatic hydroxyl groups is 1. The van der Waals surface area contributed by atoms with Gasteiger partial charge in [-0.1, -0.05) is 60.1 Å². The minimum Gasteiger partial charge on any atom is -0.393 e. The van der Waals surface area contributed by atoms with E-state index in [-0.39, 0.29) is 6.10 Å². The maximum absolute atomic E-state index is 9.67. The molecule has 1 N–H and O–H groups in total. The van der Waals surface area contributed by atoms with E-state index in [9.17, 15) is 5.11 Å². The Morgan fingerprint density at radius 3 is 2.57 bits per heavy atom. The summed E-state index contributed by atoms with van der Waals surface area (Å²) in [6.07, 6.45) is 7.48. The second-order valence-corrected chi connectivity index (χ2v) is 8.34. The van der Waals surface area contributed by atoms with Gasteiger partial charge in [0.2, 0.25) is 0 Å². The van der Waals surface area contributed by atoms with Crippen LogP contribution in [0.2, 0.25) is 5.02 Å². The Bertz CT molecular complexity index is 1020. The molecule has 4 heteroatoms. The standard InChI is InChI=1S/C26H27ClN2O/c1-19-24(21-5-3-2-4-6-21)11-14-28-26(19)10-9-22-8-7-20(17-25(22)27)18-29-15-12-23(30)13-16-29/h2-11,14,17,23,30H,12-13,15-16,18H2,1H3/b10-9+. The van der Waals surface area contributed by atoms with Crippen molar-refractivity contribution in [3.63, 3.8) is 0 Å². The van der Waals surface area contributed by atoms with Crippen molar-refractivity contribution in [3.8, 4) is 11.1 Å². The Hall–Kier alpha value is -2.46. The Balaban J connectivity index is 1.49. The highest BCUT2D eigenvalue weighted by Crippen LogP contribution is 2.26. The smallest absolute Gasteiger partial charge is 0.0665 e. The SMILES string of the molecule is Cc1c(-c2ccccc2)ccnc1/C=C/c1ccc(CN2CCC(O)CC2)cc1Cl. The maximum atomic E-state index is 9.67. The van der Waals surface area contributed by atoms with Gasteiger partial charge in [-0.05, 0) is 65.8 Å². The van der Waals surface area contributed by atoms with Crippen LogP contribution in [0.1, 0.15) is 35.2 Å². The molecule has 0 bridgehead atoms. The van der Waals surface area contributed by atoms with E-state index in [0.29, 0.717) is 0 Å². The lowest BCUT2D eigenvalue weighted by Gasteiger charge is -2.29. The van der Waals surface area contributed by atoms with E-state index in [1.54, 1.807) is 0 Å². The Morgan fingerprint density at radius 2 is 1.83 bits per heavy atom. The van der Waals surface area contributed by atoms with Crippen LogP contribution in [0.3, 0.4) is 0 Å².